The Morgan fingerprint density at radius 3 is 2.61 bits per heavy atom. The van der Waals surface area contributed by atoms with E-state index in [-0.39, 0.29) is 29.3 Å². The lowest BCUT2D eigenvalue weighted by Gasteiger charge is -2.02. The van der Waals surface area contributed by atoms with Crippen LogP contribution >= 0.6 is 0 Å². The van der Waals surface area contributed by atoms with Crippen molar-refractivity contribution in [3.05, 3.63) is 45.8 Å². The number of aromatic nitrogens is 5. The SMILES string of the molecule is Cc1noc(Cc2c(-c3noc(C(F)(F)F)n3)cc[nH]c2=O)n1. The topological polar surface area (TPSA) is 111 Å². The van der Waals surface area contributed by atoms with Crippen LogP contribution in [0.2, 0.25) is 0 Å². The Labute approximate surface area is 125 Å². The van der Waals surface area contributed by atoms with Crippen molar-refractivity contribution < 1.29 is 22.2 Å². The highest BCUT2D eigenvalue weighted by atomic mass is 19.4. The van der Waals surface area contributed by atoms with Gasteiger partial charge in [0.05, 0.1) is 6.42 Å². The number of nitrogens with one attached hydrogen (secondary N) is 1. The van der Waals surface area contributed by atoms with E-state index in [1.807, 2.05) is 0 Å². The number of rotatable bonds is 3. The lowest BCUT2D eigenvalue weighted by Crippen LogP contribution is -2.14. The van der Waals surface area contributed by atoms with Gasteiger partial charge in [-0.3, -0.25) is 4.79 Å². The van der Waals surface area contributed by atoms with E-state index in [1.54, 1.807) is 6.92 Å². The molecule has 0 fully saturated rings. The quantitative estimate of drug-likeness (QED) is 0.779. The van der Waals surface area contributed by atoms with Crippen LogP contribution in [0.4, 0.5) is 13.2 Å². The minimum Gasteiger partial charge on any atom is -0.339 e. The third-order valence-corrected chi connectivity index (χ3v) is 2.87. The molecule has 0 saturated heterocycles. The standard InChI is InChI=1S/C12H8F3N5O3/c1-5-17-8(22-19-5)4-7-6(2-3-16-10(7)21)9-18-11(23-20-9)12(13,14)15/h2-3H,4H2,1H3,(H,16,21). The van der Waals surface area contributed by atoms with Gasteiger partial charge >= 0.3 is 12.1 Å². The molecule has 0 radical (unpaired) electrons. The van der Waals surface area contributed by atoms with E-state index >= 15 is 0 Å². The molecule has 0 saturated carbocycles. The molecule has 23 heavy (non-hydrogen) atoms. The summed E-state index contributed by atoms with van der Waals surface area (Å²) in [6.45, 7) is 1.60. The molecule has 120 valence electrons. The van der Waals surface area contributed by atoms with Gasteiger partial charge in [-0.05, 0) is 13.0 Å². The van der Waals surface area contributed by atoms with E-state index in [0.717, 1.165) is 0 Å². The Balaban J connectivity index is 2.04. The first-order valence-corrected chi connectivity index (χ1v) is 6.25. The second kappa shape index (κ2) is 5.34. The molecule has 3 aromatic rings. The van der Waals surface area contributed by atoms with Gasteiger partial charge in [-0.25, -0.2) is 0 Å². The molecule has 0 spiro atoms. The van der Waals surface area contributed by atoms with Crippen LogP contribution in [0.25, 0.3) is 11.4 Å². The number of aryl methyl sites for hydroxylation is 1. The van der Waals surface area contributed by atoms with Gasteiger partial charge in [0.15, 0.2) is 5.82 Å². The predicted octanol–water partition coefficient (Wildman–Crippen LogP) is 1.73. The van der Waals surface area contributed by atoms with Crippen LogP contribution in [-0.4, -0.2) is 25.3 Å². The summed E-state index contributed by atoms with van der Waals surface area (Å²) in [6.07, 6.45) is -3.58. The fourth-order valence-corrected chi connectivity index (χ4v) is 1.91. The van der Waals surface area contributed by atoms with E-state index in [4.69, 9.17) is 4.52 Å². The van der Waals surface area contributed by atoms with Crippen molar-refractivity contribution in [2.45, 2.75) is 19.5 Å². The molecular formula is C12H8F3N5O3. The van der Waals surface area contributed by atoms with Gasteiger partial charge in [-0.15, -0.1) is 0 Å². The highest BCUT2D eigenvalue weighted by Crippen LogP contribution is 2.30. The Kier molecular flexibility index (Phi) is 3.47. The second-order valence-electron chi connectivity index (χ2n) is 4.53. The van der Waals surface area contributed by atoms with Gasteiger partial charge in [0.2, 0.25) is 11.7 Å². The maximum atomic E-state index is 12.5. The van der Waals surface area contributed by atoms with Crippen LogP contribution in [0.5, 0.6) is 0 Å². The molecular weight excluding hydrogens is 319 g/mol. The zero-order valence-corrected chi connectivity index (χ0v) is 11.5. The van der Waals surface area contributed by atoms with Gasteiger partial charge in [0.1, 0.15) is 0 Å². The van der Waals surface area contributed by atoms with E-state index in [2.05, 4.69) is 29.8 Å². The monoisotopic (exact) mass is 327 g/mol. The zero-order valence-electron chi connectivity index (χ0n) is 11.5. The molecule has 3 heterocycles. The summed E-state index contributed by atoms with van der Waals surface area (Å²) in [5.74, 6) is -1.34. The molecule has 0 unspecified atom stereocenters. The molecule has 3 aromatic heterocycles. The number of pyridine rings is 1. The minimum atomic E-state index is -4.77. The molecule has 0 aliphatic carbocycles. The van der Waals surface area contributed by atoms with Gasteiger partial charge in [-0.2, -0.15) is 23.1 Å². The van der Waals surface area contributed by atoms with E-state index in [1.165, 1.54) is 12.3 Å². The summed E-state index contributed by atoms with van der Waals surface area (Å²) in [5.41, 5.74) is -0.355. The van der Waals surface area contributed by atoms with Crippen molar-refractivity contribution in [2.75, 3.05) is 0 Å². The number of hydrogen-bond donors (Lipinski definition) is 1. The molecule has 3 rings (SSSR count). The molecule has 0 aliphatic rings. The highest BCUT2D eigenvalue weighted by molar-refractivity contribution is 5.59. The maximum Gasteiger partial charge on any atom is 0.471 e. The smallest absolute Gasteiger partial charge is 0.339 e. The van der Waals surface area contributed by atoms with Gasteiger partial charge < -0.3 is 14.0 Å². The number of aromatic amines is 1. The van der Waals surface area contributed by atoms with Crippen LogP contribution in [-0.2, 0) is 12.6 Å². The molecule has 11 heteroatoms. The van der Waals surface area contributed by atoms with Crippen molar-refractivity contribution in [1.29, 1.82) is 0 Å². The Bertz CT molecular complexity index is 896. The van der Waals surface area contributed by atoms with Gasteiger partial charge in [-0.1, -0.05) is 10.3 Å². The Morgan fingerprint density at radius 1 is 1.22 bits per heavy atom. The van der Waals surface area contributed by atoms with Gasteiger partial charge in [0.25, 0.3) is 5.56 Å². The lowest BCUT2D eigenvalue weighted by molar-refractivity contribution is -0.159. The third-order valence-electron chi connectivity index (χ3n) is 2.87. The molecule has 0 aliphatic heterocycles. The highest BCUT2D eigenvalue weighted by Gasteiger charge is 2.38. The molecule has 1 N–H and O–H groups in total. The fraction of sp³-hybridized carbons (Fsp3) is 0.250. The van der Waals surface area contributed by atoms with Crippen molar-refractivity contribution in [3.63, 3.8) is 0 Å². The van der Waals surface area contributed by atoms with Crippen LogP contribution in [0.3, 0.4) is 0 Å². The zero-order chi connectivity index (χ0) is 16.6. The second-order valence-corrected chi connectivity index (χ2v) is 4.53. The molecule has 8 nitrogen and oxygen atoms in total. The number of nitrogens with zero attached hydrogens (tertiary/aromatic N) is 4. The first-order valence-electron chi connectivity index (χ1n) is 6.25. The van der Waals surface area contributed by atoms with Crippen molar-refractivity contribution >= 4 is 0 Å². The number of alkyl halides is 3. The lowest BCUT2D eigenvalue weighted by atomic mass is 10.1. The van der Waals surface area contributed by atoms with Crippen LogP contribution < -0.4 is 5.56 Å². The number of halogens is 3. The number of H-pyrrole nitrogens is 1. The largest absolute Gasteiger partial charge is 0.471 e. The summed E-state index contributed by atoms with van der Waals surface area (Å²) < 4.78 is 46.7. The predicted molar refractivity (Wildman–Crippen MR) is 67.2 cm³/mol. The molecule has 0 amide bonds. The van der Waals surface area contributed by atoms with Crippen LogP contribution in [0.1, 0.15) is 23.2 Å². The number of hydrogen-bond acceptors (Lipinski definition) is 7. The summed E-state index contributed by atoms with van der Waals surface area (Å²) >= 11 is 0. The molecule has 0 aromatic carbocycles. The maximum absolute atomic E-state index is 12.5. The summed E-state index contributed by atoms with van der Waals surface area (Å²) in [5, 5.41) is 6.86. The first-order chi connectivity index (χ1) is 10.8. The average Bonchev–Trinajstić information content (AvgIpc) is 3.10. The average molecular weight is 327 g/mol. The fourth-order valence-electron chi connectivity index (χ4n) is 1.91. The first kappa shape index (κ1) is 14.9. The third kappa shape index (κ3) is 2.98. The van der Waals surface area contributed by atoms with Gasteiger partial charge in [0, 0.05) is 17.3 Å². The summed E-state index contributed by atoms with van der Waals surface area (Å²) in [6, 6.07) is 1.37. The van der Waals surface area contributed by atoms with Crippen LogP contribution in [0.15, 0.2) is 26.1 Å². The van der Waals surface area contributed by atoms with E-state index < -0.39 is 17.6 Å². The Morgan fingerprint density at radius 2 is 2.00 bits per heavy atom. The Hall–Kier alpha value is -2.98. The normalized spacial score (nSPS) is 11.8. The summed E-state index contributed by atoms with van der Waals surface area (Å²) in [4.78, 5) is 21.6. The molecule has 0 atom stereocenters. The van der Waals surface area contributed by atoms with Crippen molar-refractivity contribution in [2.24, 2.45) is 0 Å². The van der Waals surface area contributed by atoms with Crippen molar-refractivity contribution in [1.82, 2.24) is 25.3 Å². The van der Waals surface area contributed by atoms with E-state index in [0.29, 0.717) is 5.82 Å². The minimum absolute atomic E-state index is 0.0811. The molecule has 0 bridgehead atoms. The van der Waals surface area contributed by atoms with E-state index in [9.17, 15) is 18.0 Å². The van der Waals surface area contributed by atoms with Crippen molar-refractivity contribution in [3.8, 4) is 11.4 Å². The van der Waals surface area contributed by atoms with Crippen LogP contribution in [0, 0.1) is 6.92 Å². The summed E-state index contributed by atoms with van der Waals surface area (Å²) in [7, 11) is 0.